The lowest BCUT2D eigenvalue weighted by Crippen LogP contribution is -2.27. The second-order valence-corrected chi connectivity index (χ2v) is 6.96. The number of ether oxygens (including phenoxy) is 1. The van der Waals surface area contributed by atoms with Crippen molar-refractivity contribution < 1.29 is 14.6 Å². The van der Waals surface area contributed by atoms with Crippen molar-refractivity contribution in [3.63, 3.8) is 0 Å². The van der Waals surface area contributed by atoms with Gasteiger partial charge in [0.05, 0.1) is 17.7 Å². The molecule has 0 radical (unpaired) electrons. The molecular formula is C18H15NO3S2. The van der Waals surface area contributed by atoms with E-state index in [0.29, 0.717) is 20.5 Å². The quantitative estimate of drug-likeness (QED) is 0.662. The molecule has 2 aromatic rings. The van der Waals surface area contributed by atoms with Gasteiger partial charge in [0.15, 0.2) is 15.8 Å². The van der Waals surface area contributed by atoms with E-state index in [1.807, 2.05) is 31.2 Å². The van der Waals surface area contributed by atoms with Gasteiger partial charge in [0.1, 0.15) is 0 Å². The fourth-order valence-electron chi connectivity index (χ4n) is 2.33. The number of hydrogen-bond acceptors (Lipinski definition) is 5. The molecule has 3 rings (SSSR count). The van der Waals surface area contributed by atoms with Crippen molar-refractivity contribution in [1.82, 2.24) is 0 Å². The lowest BCUT2D eigenvalue weighted by molar-refractivity contribution is -0.113. The molecule has 0 spiro atoms. The first-order valence-corrected chi connectivity index (χ1v) is 8.43. The summed E-state index contributed by atoms with van der Waals surface area (Å²) < 4.78 is 5.51. The van der Waals surface area contributed by atoms with Crippen LogP contribution < -0.4 is 9.64 Å². The highest BCUT2D eigenvalue weighted by Gasteiger charge is 2.33. The number of aryl methyl sites for hydroxylation is 1. The number of benzene rings is 2. The van der Waals surface area contributed by atoms with Crippen LogP contribution >= 0.6 is 24.0 Å². The van der Waals surface area contributed by atoms with E-state index in [0.717, 1.165) is 11.3 Å². The van der Waals surface area contributed by atoms with Crippen molar-refractivity contribution in [2.24, 2.45) is 0 Å². The molecule has 1 N–H and O–H groups in total. The van der Waals surface area contributed by atoms with Crippen molar-refractivity contribution in [3.05, 3.63) is 58.5 Å². The standard InChI is InChI=1S/C18H15NO3S2/c1-11-3-6-13(7-4-11)19-17(21)16(24-18(19)23)10-12-5-8-15(22-2)14(20)9-12/h3-10,20H,1-2H3. The molecule has 0 bridgehead atoms. The second kappa shape index (κ2) is 6.67. The average molecular weight is 357 g/mol. The number of amides is 1. The maximum atomic E-state index is 12.7. The molecule has 0 atom stereocenters. The van der Waals surface area contributed by atoms with Gasteiger partial charge in [-0.2, -0.15) is 0 Å². The third-order valence-corrected chi connectivity index (χ3v) is 4.89. The third kappa shape index (κ3) is 3.16. The molecule has 0 aliphatic carbocycles. The number of hydrogen-bond donors (Lipinski definition) is 1. The Kier molecular flexibility index (Phi) is 4.59. The Morgan fingerprint density at radius 1 is 1.21 bits per heavy atom. The Bertz CT molecular complexity index is 844. The molecule has 0 unspecified atom stereocenters. The molecule has 4 nitrogen and oxygen atoms in total. The minimum Gasteiger partial charge on any atom is -0.504 e. The van der Waals surface area contributed by atoms with Gasteiger partial charge in [-0.05, 0) is 42.8 Å². The Hall–Kier alpha value is -2.31. The van der Waals surface area contributed by atoms with Crippen LogP contribution in [0.4, 0.5) is 5.69 Å². The number of thiocarbonyl (C=S) groups is 1. The lowest BCUT2D eigenvalue weighted by atomic mass is 10.1. The Morgan fingerprint density at radius 2 is 1.92 bits per heavy atom. The molecular weight excluding hydrogens is 342 g/mol. The monoisotopic (exact) mass is 357 g/mol. The van der Waals surface area contributed by atoms with E-state index < -0.39 is 0 Å². The van der Waals surface area contributed by atoms with Crippen molar-refractivity contribution in [1.29, 1.82) is 0 Å². The largest absolute Gasteiger partial charge is 0.504 e. The van der Waals surface area contributed by atoms with Gasteiger partial charge in [0.2, 0.25) is 0 Å². The topological polar surface area (TPSA) is 49.8 Å². The van der Waals surface area contributed by atoms with Gasteiger partial charge in [-0.1, -0.05) is 47.7 Å². The zero-order valence-corrected chi connectivity index (χ0v) is 14.8. The highest BCUT2D eigenvalue weighted by Crippen LogP contribution is 2.37. The molecule has 1 aliphatic rings. The van der Waals surface area contributed by atoms with Crippen LogP contribution in [0.3, 0.4) is 0 Å². The van der Waals surface area contributed by atoms with E-state index in [-0.39, 0.29) is 11.7 Å². The molecule has 1 amide bonds. The molecule has 1 heterocycles. The minimum atomic E-state index is -0.163. The molecule has 1 saturated heterocycles. The maximum Gasteiger partial charge on any atom is 0.270 e. The van der Waals surface area contributed by atoms with Crippen molar-refractivity contribution in [2.75, 3.05) is 12.0 Å². The normalized spacial score (nSPS) is 16.1. The Morgan fingerprint density at radius 3 is 2.54 bits per heavy atom. The van der Waals surface area contributed by atoms with E-state index in [2.05, 4.69) is 0 Å². The van der Waals surface area contributed by atoms with Crippen LogP contribution in [-0.2, 0) is 4.79 Å². The van der Waals surface area contributed by atoms with Gasteiger partial charge in [-0.25, -0.2) is 0 Å². The van der Waals surface area contributed by atoms with Crippen molar-refractivity contribution in [3.8, 4) is 11.5 Å². The average Bonchev–Trinajstić information content (AvgIpc) is 2.83. The zero-order chi connectivity index (χ0) is 17.3. The first-order chi connectivity index (χ1) is 11.5. The highest BCUT2D eigenvalue weighted by molar-refractivity contribution is 8.27. The van der Waals surface area contributed by atoms with Gasteiger partial charge in [0.25, 0.3) is 5.91 Å². The number of phenols is 1. The number of rotatable bonds is 3. The second-order valence-electron chi connectivity index (χ2n) is 5.28. The van der Waals surface area contributed by atoms with Crippen LogP contribution in [0.1, 0.15) is 11.1 Å². The maximum absolute atomic E-state index is 12.7. The summed E-state index contributed by atoms with van der Waals surface area (Å²) in [4.78, 5) is 14.7. The summed E-state index contributed by atoms with van der Waals surface area (Å²) in [6, 6.07) is 12.6. The van der Waals surface area contributed by atoms with Gasteiger partial charge >= 0.3 is 0 Å². The van der Waals surface area contributed by atoms with E-state index in [1.54, 1.807) is 24.3 Å². The summed E-state index contributed by atoms with van der Waals surface area (Å²) in [5.41, 5.74) is 2.58. The van der Waals surface area contributed by atoms with Gasteiger partial charge in [0, 0.05) is 0 Å². The number of carbonyl (C=O) groups is 1. The predicted molar refractivity (Wildman–Crippen MR) is 101 cm³/mol. The summed E-state index contributed by atoms with van der Waals surface area (Å²) in [6.07, 6.45) is 1.71. The minimum absolute atomic E-state index is 0.0280. The third-order valence-electron chi connectivity index (χ3n) is 3.59. The number of aromatic hydroxyl groups is 1. The smallest absolute Gasteiger partial charge is 0.270 e. The molecule has 122 valence electrons. The number of phenolic OH excluding ortho intramolecular Hbond substituents is 1. The fourth-order valence-corrected chi connectivity index (χ4v) is 3.63. The summed E-state index contributed by atoms with van der Waals surface area (Å²) in [5, 5.41) is 9.86. The summed E-state index contributed by atoms with van der Waals surface area (Å²) in [6.45, 7) is 1.99. The van der Waals surface area contributed by atoms with Crippen LogP contribution in [0.5, 0.6) is 11.5 Å². The zero-order valence-electron chi connectivity index (χ0n) is 13.1. The van der Waals surface area contributed by atoms with Crippen LogP contribution in [-0.4, -0.2) is 22.4 Å². The first kappa shape index (κ1) is 16.5. The Labute approximate surface area is 149 Å². The predicted octanol–water partition coefficient (Wildman–Crippen LogP) is 4.12. The number of methoxy groups -OCH3 is 1. The van der Waals surface area contributed by atoms with Crippen LogP contribution in [0.15, 0.2) is 47.4 Å². The molecule has 0 aromatic heterocycles. The number of thioether (sulfide) groups is 1. The SMILES string of the molecule is COc1ccc(C=C2SC(=S)N(c3ccc(C)cc3)C2=O)cc1O. The van der Waals surface area contributed by atoms with Gasteiger partial charge in [-0.15, -0.1) is 0 Å². The van der Waals surface area contributed by atoms with E-state index in [9.17, 15) is 9.90 Å². The molecule has 1 aliphatic heterocycles. The van der Waals surface area contributed by atoms with Crippen molar-refractivity contribution in [2.45, 2.75) is 6.92 Å². The lowest BCUT2D eigenvalue weighted by Gasteiger charge is -2.14. The molecule has 2 aromatic carbocycles. The molecule has 24 heavy (non-hydrogen) atoms. The van der Waals surface area contributed by atoms with E-state index in [1.165, 1.54) is 23.8 Å². The van der Waals surface area contributed by atoms with Crippen LogP contribution in [0.25, 0.3) is 6.08 Å². The highest BCUT2D eigenvalue weighted by atomic mass is 32.2. The molecule has 6 heteroatoms. The van der Waals surface area contributed by atoms with Crippen molar-refractivity contribution >= 4 is 46.0 Å². The van der Waals surface area contributed by atoms with E-state index >= 15 is 0 Å². The molecule has 1 fully saturated rings. The fraction of sp³-hybridized carbons (Fsp3) is 0.111. The van der Waals surface area contributed by atoms with Gasteiger partial charge < -0.3 is 9.84 Å². The number of carbonyl (C=O) groups excluding carboxylic acids is 1. The van der Waals surface area contributed by atoms with Crippen LogP contribution in [0, 0.1) is 6.92 Å². The first-order valence-electron chi connectivity index (χ1n) is 7.21. The van der Waals surface area contributed by atoms with E-state index in [4.69, 9.17) is 17.0 Å². The number of nitrogens with zero attached hydrogens (tertiary/aromatic N) is 1. The Balaban J connectivity index is 1.90. The van der Waals surface area contributed by atoms with Crippen LogP contribution in [0.2, 0.25) is 0 Å². The summed E-state index contributed by atoms with van der Waals surface area (Å²) in [5.74, 6) is 0.253. The summed E-state index contributed by atoms with van der Waals surface area (Å²) >= 11 is 6.60. The number of anilines is 1. The van der Waals surface area contributed by atoms with Gasteiger partial charge in [-0.3, -0.25) is 9.69 Å². The molecule has 0 saturated carbocycles. The summed E-state index contributed by atoms with van der Waals surface area (Å²) in [7, 11) is 1.49.